The molecule has 2 aromatic carbocycles. The molecule has 9 heteroatoms. The van der Waals surface area contributed by atoms with Crippen LogP contribution >= 0.6 is 27.5 Å². The summed E-state index contributed by atoms with van der Waals surface area (Å²) in [6.07, 6.45) is -0.0658. The molecule has 0 aromatic heterocycles. The van der Waals surface area contributed by atoms with Crippen molar-refractivity contribution in [3.63, 3.8) is 0 Å². The normalized spacial score (nSPS) is 16.0. The molecule has 1 fully saturated rings. The second-order valence-corrected chi connectivity index (χ2v) is 9.02. The number of hydrogen-bond donors (Lipinski definition) is 1. The van der Waals surface area contributed by atoms with E-state index in [1.165, 1.54) is 18.2 Å². The molecule has 2 amide bonds. The third kappa shape index (κ3) is 3.62. The number of carbonyl (C=O) groups excluding carboxylic acids is 2. The fourth-order valence-electron chi connectivity index (χ4n) is 2.59. The zero-order chi connectivity index (χ0) is 19.1. The van der Waals surface area contributed by atoms with Crippen LogP contribution in [0.25, 0.3) is 0 Å². The number of halogens is 2. The molecule has 0 bridgehead atoms. The zero-order valence-corrected chi connectivity index (χ0v) is 16.8. The van der Waals surface area contributed by atoms with Crippen molar-refractivity contribution in [2.75, 3.05) is 15.4 Å². The standard InChI is InChI=1S/C17H14BrClN2O4S/c1-10-2-5-15(13(18)8-10)20-17(23)12-4-3-11(9-14(12)19)21-16(22)6-7-26(21,24)25/h2-5,8-9H,6-7H2,1H3,(H,20,23). The highest BCUT2D eigenvalue weighted by Crippen LogP contribution is 2.30. The van der Waals surface area contributed by atoms with Crippen molar-refractivity contribution in [1.29, 1.82) is 0 Å². The topological polar surface area (TPSA) is 83.6 Å². The van der Waals surface area contributed by atoms with Gasteiger partial charge in [-0.3, -0.25) is 9.59 Å². The number of amides is 2. The van der Waals surface area contributed by atoms with Crippen LogP contribution in [-0.4, -0.2) is 26.0 Å². The first-order valence-corrected chi connectivity index (χ1v) is 10.4. The molecule has 6 nitrogen and oxygen atoms in total. The number of hydrogen-bond acceptors (Lipinski definition) is 4. The number of rotatable bonds is 3. The molecular weight excluding hydrogens is 444 g/mol. The molecule has 1 aliphatic heterocycles. The van der Waals surface area contributed by atoms with Crippen LogP contribution in [0.15, 0.2) is 40.9 Å². The molecular formula is C17H14BrClN2O4S. The van der Waals surface area contributed by atoms with E-state index < -0.39 is 21.8 Å². The molecule has 2 aromatic rings. The Morgan fingerprint density at radius 2 is 1.96 bits per heavy atom. The molecule has 0 atom stereocenters. The van der Waals surface area contributed by atoms with Crippen LogP contribution in [0.1, 0.15) is 22.3 Å². The van der Waals surface area contributed by atoms with E-state index in [9.17, 15) is 18.0 Å². The zero-order valence-electron chi connectivity index (χ0n) is 13.6. The smallest absolute Gasteiger partial charge is 0.257 e. The summed E-state index contributed by atoms with van der Waals surface area (Å²) in [7, 11) is -3.68. The molecule has 1 saturated heterocycles. The summed E-state index contributed by atoms with van der Waals surface area (Å²) < 4.78 is 25.4. The molecule has 3 rings (SSSR count). The lowest BCUT2D eigenvalue weighted by Crippen LogP contribution is -2.29. The van der Waals surface area contributed by atoms with Crippen LogP contribution in [0, 0.1) is 6.92 Å². The van der Waals surface area contributed by atoms with E-state index in [0.29, 0.717) is 5.69 Å². The highest BCUT2D eigenvalue weighted by Gasteiger charge is 2.36. The number of benzene rings is 2. The van der Waals surface area contributed by atoms with E-state index >= 15 is 0 Å². The van der Waals surface area contributed by atoms with E-state index in [1.807, 2.05) is 19.1 Å². The van der Waals surface area contributed by atoms with Crippen molar-refractivity contribution in [2.24, 2.45) is 0 Å². The van der Waals surface area contributed by atoms with Crippen LogP contribution < -0.4 is 9.62 Å². The summed E-state index contributed by atoms with van der Waals surface area (Å²) in [5, 5.41) is 2.79. The summed E-state index contributed by atoms with van der Waals surface area (Å²) in [5.74, 6) is -1.18. The SMILES string of the molecule is Cc1ccc(NC(=O)c2ccc(N3C(=O)CCS3(=O)=O)cc2Cl)c(Br)c1. The first kappa shape index (κ1) is 18.9. The summed E-state index contributed by atoms with van der Waals surface area (Å²) in [6, 6.07) is 9.58. The molecule has 0 saturated carbocycles. The second-order valence-electron chi connectivity index (χ2n) is 5.83. The van der Waals surface area contributed by atoms with E-state index in [1.54, 1.807) is 6.07 Å². The van der Waals surface area contributed by atoms with Gasteiger partial charge in [-0.15, -0.1) is 0 Å². The Morgan fingerprint density at radius 3 is 2.54 bits per heavy atom. The van der Waals surface area contributed by atoms with Crippen LogP contribution in [0.4, 0.5) is 11.4 Å². The van der Waals surface area contributed by atoms with Crippen molar-refractivity contribution in [1.82, 2.24) is 0 Å². The highest BCUT2D eigenvalue weighted by atomic mass is 79.9. The van der Waals surface area contributed by atoms with Gasteiger partial charge < -0.3 is 5.32 Å². The quantitative estimate of drug-likeness (QED) is 0.761. The highest BCUT2D eigenvalue weighted by molar-refractivity contribution is 9.10. The van der Waals surface area contributed by atoms with Crippen molar-refractivity contribution in [2.45, 2.75) is 13.3 Å². The number of nitrogens with one attached hydrogen (secondary N) is 1. The monoisotopic (exact) mass is 456 g/mol. The maximum atomic E-state index is 12.5. The van der Waals surface area contributed by atoms with E-state index in [-0.39, 0.29) is 28.4 Å². The Bertz CT molecular complexity index is 1020. The molecule has 1 N–H and O–H groups in total. The Hall–Kier alpha value is -1.90. The molecule has 0 unspecified atom stereocenters. The molecule has 1 aliphatic rings. The van der Waals surface area contributed by atoms with E-state index in [0.717, 1.165) is 14.3 Å². The molecule has 136 valence electrons. The number of anilines is 2. The van der Waals surface area contributed by atoms with E-state index in [4.69, 9.17) is 11.6 Å². The van der Waals surface area contributed by atoms with Gasteiger partial charge in [0, 0.05) is 10.9 Å². The Balaban J connectivity index is 1.88. The summed E-state index contributed by atoms with van der Waals surface area (Å²) in [5.41, 5.74) is 1.92. The number of sulfonamides is 1. The van der Waals surface area contributed by atoms with Gasteiger partial charge >= 0.3 is 0 Å². The van der Waals surface area contributed by atoms with Gasteiger partial charge in [0.2, 0.25) is 15.9 Å². The molecule has 0 radical (unpaired) electrons. The second kappa shape index (κ2) is 7.02. The first-order chi connectivity index (χ1) is 12.2. The molecule has 1 heterocycles. The minimum absolute atomic E-state index is 0.0538. The van der Waals surface area contributed by atoms with Crippen LogP contribution in [-0.2, 0) is 14.8 Å². The summed E-state index contributed by atoms with van der Waals surface area (Å²) in [4.78, 5) is 24.3. The van der Waals surface area contributed by atoms with Crippen molar-refractivity contribution in [3.05, 3.63) is 57.0 Å². The lowest BCUT2D eigenvalue weighted by atomic mass is 10.1. The summed E-state index contributed by atoms with van der Waals surface area (Å²) in [6.45, 7) is 1.93. The Labute approximate surface area is 164 Å². The fraction of sp³-hybridized carbons (Fsp3) is 0.176. The largest absolute Gasteiger partial charge is 0.321 e. The third-order valence-corrected chi connectivity index (χ3v) is 6.54. The number of nitrogens with zero attached hydrogens (tertiary/aromatic N) is 1. The van der Waals surface area contributed by atoms with Gasteiger partial charge in [-0.25, -0.2) is 12.7 Å². The van der Waals surface area contributed by atoms with E-state index in [2.05, 4.69) is 21.2 Å². The van der Waals surface area contributed by atoms with Gasteiger partial charge in [0.1, 0.15) is 0 Å². The predicted molar refractivity (Wildman–Crippen MR) is 104 cm³/mol. The predicted octanol–water partition coefficient (Wildman–Crippen LogP) is 3.73. The molecule has 0 spiro atoms. The van der Waals surface area contributed by atoms with Gasteiger partial charge in [-0.05, 0) is 58.7 Å². The van der Waals surface area contributed by atoms with Crippen LogP contribution in [0.5, 0.6) is 0 Å². The maximum absolute atomic E-state index is 12.5. The minimum atomic E-state index is -3.68. The summed E-state index contributed by atoms with van der Waals surface area (Å²) >= 11 is 9.55. The number of aryl methyl sites for hydroxylation is 1. The van der Waals surface area contributed by atoms with Crippen molar-refractivity contribution < 1.29 is 18.0 Å². The van der Waals surface area contributed by atoms with Gasteiger partial charge in [0.05, 0.1) is 27.7 Å². The minimum Gasteiger partial charge on any atom is -0.321 e. The fourth-order valence-corrected chi connectivity index (χ4v) is 4.90. The molecule has 0 aliphatic carbocycles. The lowest BCUT2D eigenvalue weighted by Gasteiger charge is -2.16. The third-order valence-electron chi connectivity index (χ3n) is 3.88. The van der Waals surface area contributed by atoms with Gasteiger partial charge in [-0.1, -0.05) is 17.7 Å². The number of carbonyl (C=O) groups is 2. The van der Waals surface area contributed by atoms with Gasteiger partial charge in [0.25, 0.3) is 5.91 Å². The lowest BCUT2D eigenvalue weighted by molar-refractivity contribution is -0.116. The average molecular weight is 458 g/mol. The van der Waals surface area contributed by atoms with Crippen molar-refractivity contribution >= 4 is 60.7 Å². The first-order valence-electron chi connectivity index (χ1n) is 7.62. The van der Waals surface area contributed by atoms with Crippen LogP contribution in [0.2, 0.25) is 5.02 Å². The van der Waals surface area contributed by atoms with Crippen LogP contribution in [0.3, 0.4) is 0 Å². The Morgan fingerprint density at radius 1 is 1.23 bits per heavy atom. The Kier molecular flexibility index (Phi) is 5.09. The van der Waals surface area contributed by atoms with Gasteiger partial charge in [0.15, 0.2) is 0 Å². The average Bonchev–Trinajstić information content (AvgIpc) is 2.83. The molecule has 26 heavy (non-hydrogen) atoms. The maximum Gasteiger partial charge on any atom is 0.257 e. The van der Waals surface area contributed by atoms with Crippen molar-refractivity contribution in [3.8, 4) is 0 Å². The van der Waals surface area contributed by atoms with Gasteiger partial charge in [-0.2, -0.15) is 0 Å².